The van der Waals surface area contributed by atoms with Crippen molar-refractivity contribution in [1.29, 1.82) is 0 Å². The highest BCUT2D eigenvalue weighted by atomic mass is 16.5. The van der Waals surface area contributed by atoms with E-state index in [1.165, 1.54) is 39.9 Å². The number of likely N-dealkylation sites (tertiary alicyclic amines) is 1. The summed E-state index contributed by atoms with van der Waals surface area (Å²) in [6.45, 7) is 6.91. The smallest absolute Gasteiger partial charge is 0.255 e. The second-order valence-electron chi connectivity index (χ2n) is 19.1. The molecule has 0 bridgehead atoms. The number of ether oxygens (including phenoxy) is 2. The molecular weight excluding hydrogens is 765 g/mol. The van der Waals surface area contributed by atoms with Gasteiger partial charge in [0.15, 0.2) is 0 Å². The third-order valence-electron chi connectivity index (χ3n) is 15.8. The van der Waals surface area contributed by atoms with E-state index in [0.29, 0.717) is 42.7 Å². The standard InChI is InChI=1S/C51H56N4O6/c56-38-11-13-40-36(28-38)8-12-39(34-4-2-1-3-5-34)46(40)35-6-9-37(10-7-35)54-26-22-51(23-27-54)19-18-33(31-61-51)29-53-24-20-50(21-25-53)32-60-47-42-30-55(44-16-17-45(57)52-48(44)58)49(59)41(42)14-15-43(47)50/h1-7,9-11,13-15,28,33,39,44,46,56H,8,12,16-27,29-32H2,(H,52,57,58)/t33-,39-,44+,46+/m1/s1. The molecule has 11 rings (SSSR count). The summed E-state index contributed by atoms with van der Waals surface area (Å²) >= 11 is 0. The molecule has 2 spiro atoms. The number of phenolic OH excluding ortho intramolecular Hbond substituents is 1. The van der Waals surface area contributed by atoms with Crippen LogP contribution in [0.25, 0.3) is 0 Å². The van der Waals surface area contributed by atoms with Crippen LogP contribution in [-0.4, -0.2) is 90.2 Å². The molecule has 10 heteroatoms. The minimum absolute atomic E-state index is 0.0144. The van der Waals surface area contributed by atoms with Crippen LogP contribution in [0.4, 0.5) is 5.69 Å². The van der Waals surface area contributed by atoms with Crippen LogP contribution in [-0.2, 0) is 32.7 Å². The first-order valence-electron chi connectivity index (χ1n) is 22.8. The Hall–Kier alpha value is -5.19. The van der Waals surface area contributed by atoms with Gasteiger partial charge in [-0.1, -0.05) is 54.6 Å². The highest BCUT2D eigenvalue weighted by Gasteiger charge is 2.48. The number of fused-ring (bicyclic) bond motifs is 5. The number of amides is 3. The normalized spacial score (nSPS) is 26.8. The lowest BCUT2D eigenvalue weighted by Crippen LogP contribution is -2.52. The number of hydrogen-bond donors (Lipinski definition) is 2. The number of aromatic hydroxyl groups is 1. The fraction of sp³-hybridized carbons (Fsp3) is 0.471. The highest BCUT2D eigenvalue weighted by Crippen LogP contribution is 2.51. The Kier molecular flexibility index (Phi) is 9.72. The van der Waals surface area contributed by atoms with Gasteiger partial charge in [-0.05, 0) is 135 Å². The number of piperidine rings is 3. The van der Waals surface area contributed by atoms with Gasteiger partial charge in [0, 0.05) is 59.8 Å². The number of hydrogen-bond acceptors (Lipinski definition) is 8. The van der Waals surface area contributed by atoms with Gasteiger partial charge >= 0.3 is 0 Å². The van der Waals surface area contributed by atoms with Crippen LogP contribution in [0.5, 0.6) is 11.5 Å². The van der Waals surface area contributed by atoms with Gasteiger partial charge < -0.3 is 29.3 Å². The van der Waals surface area contributed by atoms with E-state index in [4.69, 9.17) is 9.47 Å². The van der Waals surface area contributed by atoms with E-state index in [1.54, 1.807) is 4.90 Å². The Labute approximate surface area is 358 Å². The number of aryl methyl sites for hydroxylation is 1. The topological polar surface area (TPSA) is 112 Å². The Balaban J connectivity index is 0.678. The lowest BCUT2D eigenvalue weighted by molar-refractivity contribution is -0.136. The SMILES string of the molecule is O=C1CC[C@H](N2Cc3c(ccc4c3OCC43CCN(C[C@H]4CCC5(CCN(c6ccc([C@@H]7c8ccc(O)cc8CC[C@@H]7c7ccccc7)cc6)CC5)OC4)CC3)C2=O)C(=O)N1. The molecule has 2 N–H and O–H groups in total. The molecule has 4 atom stereocenters. The Morgan fingerprint density at radius 3 is 2.34 bits per heavy atom. The van der Waals surface area contributed by atoms with Gasteiger partial charge in [0.1, 0.15) is 17.5 Å². The van der Waals surface area contributed by atoms with Crippen LogP contribution >= 0.6 is 0 Å². The summed E-state index contributed by atoms with van der Waals surface area (Å²) < 4.78 is 13.3. The van der Waals surface area contributed by atoms with Crippen molar-refractivity contribution in [1.82, 2.24) is 15.1 Å². The van der Waals surface area contributed by atoms with Crippen molar-refractivity contribution >= 4 is 23.4 Å². The Morgan fingerprint density at radius 2 is 1.59 bits per heavy atom. The van der Waals surface area contributed by atoms with Gasteiger partial charge in [0.05, 0.1) is 25.4 Å². The molecule has 61 heavy (non-hydrogen) atoms. The number of benzene rings is 4. The van der Waals surface area contributed by atoms with Crippen molar-refractivity contribution in [3.63, 3.8) is 0 Å². The summed E-state index contributed by atoms with van der Waals surface area (Å²) in [5, 5.41) is 12.7. The van der Waals surface area contributed by atoms with Gasteiger partial charge in [-0.2, -0.15) is 0 Å². The molecule has 0 saturated carbocycles. The first-order chi connectivity index (χ1) is 29.7. The summed E-state index contributed by atoms with van der Waals surface area (Å²) in [5.41, 5.74) is 9.27. The number of nitrogens with zero attached hydrogens (tertiary/aromatic N) is 3. The molecule has 4 aromatic carbocycles. The fourth-order valence-electron chi connectivity index (χ4n) is 12.2. The molecule has 316 valence electrons. The first-order valence-corrected chi connectivity index (χ1v) is 22.8. The van der Waals surface area contributed by atoms with Crippen molar-refractivity contribution in [2.24, 2.45) is 5.92 Å². The molecule has 3 amide bonds. The first kappa shape index (κ1) is 38.7. The molecule has 0 aromatic heterocycles. The van der Waals surface area contributed by atoms with Gasteiger partial charge in [0.25, 0.3) is 5.91 Å². The van der Waals surface area contributed by atoms with Crippen LogP contribution in [0.2, 0.25) is 0 Å². The lowest BCUT2D eigenvalue weighted by atomic mass is 9.69. The molecule has 10 nitrogen and oxygen atoms in total. The van der Waals surface area contributed by atoms with E-state index in [0.717, 1.165) is 95.6 Å². The third kappa shape index (κ3) is 6.90. The zero-order valence-corrected chi connectivity index (χ0v) is 35.0. The predicted octanol–water partition coefficient (Wildman–Crippen LogP) is 7.21. The average Bonchev–Trinajstić information content (AvgIpc) is 3.82. The van der Waals surface area contributed by atoms with Crippen molar-refractivity contribution in [2.45, 2.75) is 99.6 Å². The van der Waals surface area contributed by atoms with E-state index in [1.807, 2.05) is 18.2 Å². The zero-order chi connectivity index (χ0) is 41.3. The number of imide groups is 1. The number of anilines is 1. The van der Waals surface area contributed by atoms with Gasteiger partial charge in [-0.15, -0.1) is 0 Å². The maximum absolute atomic E-state index is 13.4. The minimum Gasteiger partial charge on any atom is -0.508 e. The number of carbonyl (C=O) groups is 3. The lowest BCUT2D eigenvalue weighted by Gasteiger charge is -2.47. The largest absolute Gasteiger partial charge is 0.508 e. The summed E-state index contributed by atoms with van der Waals surface area (Å²) in [7, 11) is 0. The molecule has 4 aromatic rings. The van der Waals surface area contributed by atoms with Crippen molar-refractivity contribution in [3.8, 4) is 11.5 Å². The van der Waals surface area contributed by atoms with Crippen molar-refractivity contribution in [3.05, 3.63) is 124 Å². The molecular formula is C51H56N4O6. The average molecular weight is 821 g/mol. The molecule has 7 aliphatic rings. The molecule has 6 heterocycles. The molecule has 6 aliphatic heterocycles. The number of rotatable bonds is 6. The van der Waals surface area contributed by atoms with E-state index < -0.39 is 6.04 Å². The molecule has 0 radical (unpaired) electrons. The summed E-state index contributed by atoms with van der Waals surface area (Å²) in [6, 6.07) is 29.6. The molecule has 0 unspecified atom stereocenters. The molecule has 4 saturated heterocycles. The van der Waals surface area contributed by atoms with Crippen LogP contribution in [0.1, 0.15) is 113 Å². The van der Waals surface area contributed by atoms with Crippen LogP contribution in [0.3, 0.4) is 0 Å². The van der Waals surface area contributed by atoms with Crippen molar-refractivity contribution < 1.29 is 29.0 Å². The van der Waals surface area contributed by atoms with Gasteiger partial charge in [-0.25, -0.2) is 0 Å². The summed E-state index contributed by atoms with van der Waals surface area (Å²) in [5.74, 6) is 1.57. The quantitative estimate of drug-likeness (QED) is 0.197. The summed E-state index contributed by atoms with van der Waals surface area (Å²) in [4.78, 5) is 44.6. The minimum atomic E-state index is -0.624. The summed E-state index contributed by atoms with van der Waals surface area (Å²) in [6.07, 6.45) is 9.13. The van der Waals surface area contributed by atoms with E-state index in [-0.39, 0.29) is 41.1 Å². The Bertz CT molecular complexity index is 2340. The van der Waals surface area contributed by atoms with E-state index in [2.05, 4.69) is 81.8 Å². The maximum Gasteiger partial charge on any atom is 0.255 e. The fourth-order valence-corrected chi connectivity index (χ4v) is 12.2. The van der Waals surface area contributed by atoms with Crippen molar-refractivity contribution in [2.75, 3.05) is 50.8 Å². The van der Waals surface area contributed by atoms with Crippen LogP contribution in [0.15, 0.2) is 84.9 Å². The highest BCUT2D eigenvalue weighted by molar-refractivity contribution is 6.05. The number of phenols is 1. The second kappa shape index (κ2) is 15.3. The van der Waals surface area contributed by atoms with Crippen LogP contribution < -0.4 is 15.0 Å². The van der Waals surface area contributed by atoms with E-state index >= 15 is 0 Å². The molecule has 4 fully saturated rings. The predicted molar refractivity (Wildman–Crippen MR) is 232 cm³/mol. The van der Waals surface area contributed by atoms with Gasteiger partial charge in [-0.3, -0.25) is 19.7 Å². The van der Waals surface area contributed by atoms with Crippen LogP contribution in [0, 0.1) is 5.92 Å². The number of nitrogens with one attached hydrogen (secondary N) is 1. The molecule has 1 aliphatic carbocycles. The van der Waals surface area contributed by atoms with Gasteiger partial charge in [0.2, 0.25) is 11.8 Å². The third-order valence-corrected chi connectivity index (χ3v) is 15.8. The monoisotopic (exact) mass is 820 g/mol. The zero-order valence-electron chi connectivity index (χ0n) is 35.0. The second-order valence-corrected chi connectivity index (χ2v) is 19.1. The number of carbonyl (C=O) groups excluding carboxylic acids is 3. The maximum atomic E-state index is 13.4. The Morgan fingerprint density at radius 1 is 0.787 bits per heavy atom. The van der Waals surface area contributed by atoms with E-state index in [9.17, 15) is 19.5 Å².